The summed E-state index contributed by atoms with van der Waals surface area (Å²) in [6, 6.07) is 20.2. The third kappa shape index (κ3) is 4.82. The van der Waals surface area contributed by atoms with Gasteiger partial charge in [0.15, 0.2) is 0 Å². The Bertz CT molecular complexity index is 1270. The maximum Gasteiger partial charge on any atom is 0.255 e. The van der Waals surface area contributed by atoms with Gasteiger partial charge in [-0.1, -0.05) is 30.3 Å². The maximum absolute atomic E-state index is 13.0. The van der Waals surface area contributed by atoms with Gasteiger partial charge >= 0.3 is 0 Å². The number of carbonyl (C=O) groups excluding carboxylic acids is 1. The molecule has 1 aliphatic heterocycles. The van der Waals surface area contributed by atoms with Gasteiger partial charge in [-0.15, -0.1) is 0 Å². The molecule has 6 nitrogen and oxygen atoms in total. The standard InChI is InChI=1S/C27H29N5O/c1-19-3-6-22(15-25(19)21-7-8-23-17-28-30-26(23)16-21)27(33)29-24-9-4-20(5-10-24)18-32-13-11-31(2)12-14-32/h3-10,15-17H,11-14,18H2,1-2H3,(H,28,30)(H,29,33). The fraction of sp³-hybridized carbons (Fsp3) is 0.259. The predicted molar refractivity (Wildman–Crippen MR) is 133 cm³/mol. The maximum atomic E-state index is 13.0. The second-order valence-electron chi connectivity index (χ2n) is 8.93. The summed E-state index contributed by atoms with van der Waals surface area (Å²) < 4.78 is 0. The molecule has 2 heterocycles. The van der Waals surface area contributed by atoms with Crippen LogP contribution in [0.25, 0.3) is 22.0 Å². The molecule has 0 spiro atoms. The quantitative estimate of drug-likeness (QED) is 0.479. The molecule has 0 atom stereocenters. The van der Waals surface area contributed by atoms with Gasteiger partial charge < -0.3 is 10.2 Å². The number of amides is 1. The minimum Gasteiger partial charge on any atom is -0.322 e. The molecule has 2 N–H and O–H groups in total. The Balaban J connectivity index is 1.28. The van der Waals surface area contributed by atoms with E-state index >= 15 is 0 Å². The van der Waals surface area contributed by atoms with Crippen LogP contribution in [0.5, 0.6) is 0 Å². The minimum atomic E-state index is -0.106. The van der Waals surface area contributed by atoms with E-state index in [1.807, 2.05) is 42.6 Å². The zero-order chi connectivity index (χ0) is 22.8. The van der Waals surface area contributed by atoms with E-state index in [4.69, 9.17) is 0 Å². The van der Waals surface area contributed by atoms with E-state index in [1.54, 1.807) is 0 Å². The van der Waals surface area contributed by atoms with Crippen molar-refractivity contribution < 1.29 is 4.79 Å². The van der Waals surface area contributed by atoms with Gasteiger partial charge in [0.25, 0.3) is 5.91 Å². The van der Waals surface area contributed by atoms with Crippen molar-refractivity contribution in [3.8, 4) is 11.1 Å². The van der Waals surface area contributed by atoms with E-state index in [1.165, 1.54) is 5.56 Å². The summed E-state index contributed by atoms with van der Waals surface area (Å²) in [7, 11) is 2.17. The number of aromatic nitrogens is 2. The summed E-state index contributed by atoms with van der Waals surface area (Å²) >= 11 is 0. The van der Waals surface area contributed by atoms with Gasteiger partial charge in [0.1, 0.15) is 0 Å². The highest BCUT2D eigenvalue weighted by Gasteiger charge is 2.14. The second kappa shape index (κ2) is 9.17. The van der Waals surface area contributed by atoms with Crippen molar-refractivity contribution in [1.82, 2.24) is 20.0 Å². The number of piperazine rings is 1. The van der Waals surface area contributed by atoms with Gasteiger partial charge in [0.2, 0.25) is 0 Å². The third-order valence-electron chi connectivity index (χ3n) is 6.47. The molecular formula is C27H29N5O. The first kappa shape index (κ1) is 21.4. The molecule has 0 bridgehead atoms. The molecule has 168 valence electrons. The molecule has 1 fully saturated rings. The Hall–Kier alpha value is -3.48. The summed E-state index contributed by atoms with van der Waals surface area (Å²) in [5.41, 5.74) is 6.93. The van der Waals surface area contributed by atoms with Crippen LogP contribution in [0, 0.1) is 6.92 Å². The lowest BCUT2D eigenvalue weighted by molar-refractivity contribution is 0.102. The van der Waals surface area contributed by atoms with Crippen LogP contribution < -0.4 is 5.32 Å². The van der Waals surface area contributed by atoms with E-state index in [0.717, 1.165) is 66.0 Å². The number of hydrogen-bond donors (Lipinski definition) is 2. The highest BCUT2D eigenvalue weighted by molar-refractivity contribution is 6.05. The fourth-order valence-corrected chi connectivity index (χ4v) is 4.34. The first-order valence-corrected chi connectivity index (χ1v) is 11.4. The Morgan fingerprint density at radius 3 is 2.58 bits per heavy atom. The molecule has 3 aromatic carbocycles. The Kier molecular flexibility index (Phi) is 5.94. The van der Waals surface area contributed by atoms with Crippen molar-refractivity contribution in [3.63, 3.8) is 0 Å². The number of nitrogens with one attached hydrogen (secondary N) is 2. The molecule has 1 saturated heterocycles. The Morgan fingerprint density at radius 2 is 1.79 bits per heavy atom. The average Bonchev–Trinajstić information content (AvgIpc) is 3.30. The molecule has 33 heavy (non-hydrogen) atoms. The van der Waals surface area contributed by atoms with E-state index in [2.05, 4.69) is 63.6 Å². The second-order valence-corrected chi connectivity index (χ2v) is 8.93. The van der Waals surface area contributed by atoms with Crippen LogP contribution in [-0.4, -0.2) is 59.1 Å². The Labute approximate surface area is 194 Å². The number of rotatable bonds is 5. The molecule has 0 unspecified atom stereocenters. The van der Waals surface area contributed by atoms with Crippen molar-refractivity contribution in [2.45, 2.75) is 13.5 Å². The van der Waals surface area contributed by atoms with Crippen LogP contribution in [0.3, 0.4) is 0 Å². The summed E-state index contributed by atoms with van der Waals surface area (Å²) in [5, 5.41) is 11.2. The molecule has 1 aliphatic rings. The average molecular weight is 440 g/mol. The van der Waals surface area contributed by atoms with Gasteiger partial charge in [0.05, 0.1) is 11.7 Å². The molecule has 0 radical (unpaired) electrons. The molecule has 6 heteroatoms. The normalized spacial score (nSPS) is 15.1. The predicted octanol–water partition coefficient (Wildman–Crippen LogP) is 4.54. The number of aryl methyl sites for hydroxylation is 1. The van der Waals surface area contributed by atoms with E-state index in [-0.39, 0.29) is 5.91 Å². The number of likely N-dealkylation sites (N-methyl/N-ethyl adjacent to an activating group) is 1. The lowest BCUT2D eigenvalue weighted by Gasteiger charge is -2.32. The smallest absolute Gasteiger partial charge is 0.255 e. The number of anilines is 1. The molecule has 0 saturated carbocycles. The van der Waals surface area contributed by atoms with E-state index in [0.29, 0.717) is 5.56 Å². The largest absolute Gasteiger partial charge is 0.322 e. The first-order valence-electron chi connectivity index (χ1n) is 11.4. The summed E-state index contributed by atoms with van der Waals surface area (Å²) in [6.45, 7) is 7.43. The van der Waals surface area contributed by atoms with E-state index < -0.39 is 0 Å². The van der Waals surface area contributed by atoms with Crippen LogP contribution in [-0.2, 0) is 6.54 Å². The van der Waals surface area contributed by atoms with Gasteiger partial charge in [-0.2, -0.15) is 5.10 Å². The monoisotopic (exact) mass is 439 g/mol. The number of hydrogen-bond acceptors (Lipinski definition) is 4. The first-order chi connectivity index (χ1) is 16.0. The Morgan fingerprint density at radius 1 is 1.00 bits per heavy atom. The molecular weight excluding hydrogens is 410 g/mol. The number of H-pyrrole nitrogens is 1. The highest BCUT2D eigenvalue weighted by Crippen LogP contribution is 2.27. The van der Waals surface area contributed by atoms with Gasteiger partial charge in [-0.05, 0) is 66.6 Å². The number of aromatic amines is 1. The van der Waals surface area contributed by atoms with Crippen LogP contribution in [0.15, 0.2) is 66.9 Å². The zero-order valence-corrected chi connectivity index (χ0v) is 19.1. The van der Waals surface area contributed by atoms with Crippen molar-refractivity contribution in [2.75, 3.05) is 38.5 Å². The number of nitrogens with zero attached hydrogens (tertiary/aromatic N) is 3. The molecule has 0 aliphatic carbocycles. The van der Waals surface area contributed by atoms with Crippen molar-refractivity contribution in [1.29, 1.82) is 0 Å². The van der Waals surface area contributed by atoms with Crippen molar-refractivity contribution in [2.24, 2.45) is 0 Å². The number of carbonyl (C=O) groups is 1. The highest BCUT2D eigenvalue weighted by atomic mass is 16.1. The van der Waals surface area contributed by atoms with Gasteiger partial charge in [-0.25, -0.2) is 0 Å². The molecule has 1 aromatic heterocycles. The summed E-state index contributed by atoms with van der Waals surface area (Å²) in [4.78, 5) is 17.8. The minimum absolute atomic E-state index is 0.106. The van der Waals surface area contributed by atoms with Gasteiger partial charge in [0, 0.05) is 49.4 Å². The number of fused-ring (bicyclic) bond motifs is 1. The van der Waals surface area contributed by atoms with Crippen LogP contribution in [0.1, 0.15) is 21.5 Å². The van der Waals surface area contributed by atoms with E-state index in [9.17, 15) is 4.79 Å². The van der Waals surface area contributed by atoms with Crippen molar-refractivity contribution in [3.05, 3.63) is 83.6 Å². The topological polar surface area (TPSA) is 64.3 Å². The zero-order valence-electron chi connectivity index (χ0n) is 19.1. The summed E-state index contributed by atoms with van der Waals surface area (Å²) in [6.07, 6.45) is 1.81. The van der Waals surface area contributed by atoms with Gasteiger partial charge in [-0.3, -0.25) is 14.8 Å². The fourth-order valence-electron chi connectivity index (χ4n) is 4.34. The number of benzene rings is 3. The lowest BCUT2D eigenvalue weighted by atomic mass is 9.97. The van der Waals surface area contributed by atoms with Crippen LogP contribution in [0.4, 0.5) is 5.69 Å². The van der Waals surface area contributed by atoms with Crippen molar-refractivity contribution >= 4 is 22.5 Å². The molecule has 4 aromatic rings. The SMILES string of the molecule is Cc1ccc(C(=O)Nc2ccc(CN3CCN(C)CC3)cc2)cc1-c1ccc2cn[nH]c2c1. The van der Waals surface area contributed by atoms with Crippen LogP contribution >= 0.6 is 0 Å². The van der Waals surface area contributed by atoms with Crippen LogP contribution in [0.2, 0.25) is 0 Å². The molecule has 5 rings (SSSR count). The third-order valence-corrected chi connectivity index (χ3v) is 6.47. The molecule has 1 amide bonds. The lowest BCUT2D eigenvalue weighted by Crippen LogP contribution is -2.43. The summed E-state index contributed by atoms with van der Waals surface area (Å²) in [5.74, 6) is -0.106.